The van der Waals surface area contributed by atoms with Crippen molar-refractivity contribution >= 4 is 22.8 Å². The SMILES string of the molecule is O=C(NCC1CCN(C(=O)c2cc3ccccc3o2)CC1)C1CCCCC1. The highest BCUT2D eigenvalue weighted by atomic mass is 16.3. The first-order valence-corrected chi connectivity index (χ1v) is 10.3. The minimum atomic E-state index is -0.0316. The summed E-state index contributed by atoms with van der Waals surface area (Å²) < 4.78 is 5.71. The first-order chi connectivity index (χ1) is 13.2. The smallest absolute Gasteiger partial charge is 0.289 e. The summed E-state index contributed by atoms with van der Waals surface area (Å²) >= 11 is 0. The highest BCUT2D eigenvalue weighted by Gasteiger charge is 2.27. The van der Waals surface area contributed by atoms with Crippen LogP contribution in [0.3, 0.4) is 0 Å². The van der Waals surface area contributed by atoms with E-state index in [4.69, 9.17) is 4.42 Å². The number of fused-ring (bicyclic) bond motifs is 1. The number of para-hydroxylation sites is 1. The molecule has 144 valence electrons. The van der Waals surface area contributed by atoms with Gasteiger partial charge < -0.3 is 14.6 Å². The van der Waals surface area contributed by atoms with Crippen LogP contribution in [0.2, 0.25) is 0 Å². The molecule has 1 N–H and O–H groups in total. The summed E-state index contributed by atoms with van der Waals surface area (Å²) in [6, 6.07) is 9.52. The van der Waals surface area contributed by atoms with Gasteiger partial charge in [-0.15, -0.1) is 0 Å². The molecule has 0 unspecified atom stereocenters. The van der Waals surface area contributed by atoms with Crippen LogP contribution in [0.4, 0.5) is 0 Å². The van der Waals surface area contributed by atoms with E-state index in [1.165, 1.54) is 19.3 Å². The summed E-state index contributed by atoms with van der Waals surface area (Å²) in [6.45, 7) is 2.18. The van der Waals surface area contributed by atoms with E-state index in [2.05, 4.69) is 5.32 Å². The number of piperidine rings is 1. The fourth-order valence-electron chi connectivity index (χ4n) is 4.34. The van der Waals surface area contributed by atoms with E-state index in [1.807, 2.05) is 35.2 Å². The molecule has 5 nitrogen and oxygen atoms in total. The predicted molar refractivity (Wildman–Crippen MR) is 104 cm³/mol. The number of nitrogens with zero attached hydrogens (tertiary/aromatic N) is 1. The number of rotatable bonds is 4. The van der Waals surface area contributed by atoms with Crippen molar-refractivity contribution in [2.24, 2.45) is 11.8 Å². The van der Waals surface area contributed by atoms with Gasteiger partial charge in [0.05, 0.1) is 0 Å². The Hall–Kier alpha value is -2.30. The van der Waals surface area contributed by atoms with Gasteiger partial charge in [-0.3, -0.25) is 9.59 Å². The van der Waals surface area contributed by atoms with E-state index >= 15 is 0 Å². The fourth-order valence-corrected chi connectivity index (χ4v) is 4.34. The largest absolute Gasteiger partial charge is 0.451 e. The third-order valence-corrected chi connectivity index (χ3v) is 6.08. The molecule has 1 aliphatic heterocycles. The van der Waals surface area contributed by atoms with Crippen LogP contribution >= 0.6 is 0 Å². The van der Waals surface area contributed by atoms with Gasteiger partial charge >= 0.3 is 0 Å². The zero-order valence-electron chi connectivity index (χ0n) is 15.8. The molecule has 2 fully saturated rings. The molecule has 2 heterocycles. The molecule has 5 heteroatoms. The molecule has 2 aliphatic rings. The van der Waals surface area contributed by atoms with Gasteiger partial charge in [0.1, 0.15) is 5.58 Å². The van der Waals surface area contributed by atoms with E-state index < -0.39 is 0 Å². The van der Waals surface area contributed by atoms with E-state index in [-0.39, 0.29) is 17.7 Å². The highest BCUT2D eigenvalue weighted by molar-refractivity contribution is 5.96. The lowest BCUT2D eigenvalue weighted by molar-refractivity contribution is -0.126. The fraction of sp³-hybridized carbons (Fsp3) is 0.545. The predicted octanol–water partition coefficient (Wildman–Crippen LogP) is 3.98. The van der Waals surface area contributed by atoms with Crippen LogP contribution in [0.25, 0.3) is 11.0 Å². The van der Waals surface area contributed by atoms with Gasteiger partial charge in [0.15, 0.2) is 5.76 Å². The summed E-state index contributed by atoms with van der Waals surface area (Å²) in [4.78, 5) is 26.9. The van der Waals surface area contributed by atoms with E-state index in [9.17, 15) is 9.59 Å². The molecule has 1 aromatic heterocycles. The average Bonchev–Trinajstić information content (AvgIpc) is 3.17. The lowest BCUT2D eigenvalue weighted by Gasteiger charge is -2.32. The zero-order chi connectivity index (χ0) is 18.6. The van der Waals surface area contributed by atoms with Crippen molar-refractivity contribution in [3.05, 3.63) is 36.1 Å². The van der Waals surface area contributed by atoms with Crippen molar-refractivity contribution in [3.8, 4) is 0 Å². The third-order valence-electron chi connectivity index (χ3n) is 6.08. The summed E-state index contributed by atoms with van der Waals surface area (Å²) in [6.07, 6.45) is 7.56. The minimum Gasteiger partial charge on any atom is -0.451 e. The number of nitrogens with one attached hydrogen (secondary N) is 1. The van der Waals surface area contributed by atoms with Gasteiger partial charge in [0.25, 0.3) is 5.91 Å². The second-order valence-corrected chi connectivity index (χ2v) is 7.96. The Morgan fingerprint density at radius 3 is 2.52 bits per heavy atom. The molecular weight excluding hydrogens is 340 g/mol. The number of amides is 2. The second-order valence-electron chi connectivity index (χ2n) is 7.96. The van der Waals surface area contributed by atoms with Crippen molar-refractivity contribution in [1.82, 2.24) is 10.2 Å². The van der Waals surface area contributed by atoms with Crippen molar-refractivity contribution in [3.63, 3.8) is 0 Å². The van der Waals surface area contributed by atoms with Gasteiger partial charge in [-0.1, -0.05) is 37.5 Å². The minimum absolute atomic E-state index is 0.0316. The second kappa shape index (κ2) is 8.15. The van der Waals surface area contributed by atoms with Crippen molar-refractivity contribution in [2.75, 3.05) is 19.6 Å². The van der Waals surface area contributed by atoms with Crippen LogP contribution in [0.1, 0.15) is 55.5 Å². The number of benzene rings is 1. The Labute approximate surface area is 160 Å². The molecular formula is C22H28N2O3. The summed E-state index contributed by atoms with van der Waals surface area (Å²) in [5.74, 6) is 1.29. The normalized spacial score (nSPS) is 19.3. The first kappa shape index (κ1) is 18.1. The number of hydrogen-bond donors (Lipinski definition) is 1. The van der Waals surface area contributed by atoms with Gasteiger partial charge in [0.2, 0.25) is 5.91 Å². The Balaban J connectivity index is 1.26. The first-order valence-electron chi connectivity index (χ1n) is 10.3. The molecule has 1 aliphatic carbocycles. The summed E-state index contributed by atoms with van der Waals surface area (Å²) in [5.41, 5.74) is 0.751. The van der Waals surface area contributed by atoms with Crippen LogP contribution in [-0.2, 0) is 4.79 Å². The molecule has 1 aromatic carbocycles. The number of likely N-dealkylation sites (tertiary alicyclic amines) is 1. The summed E-state index contributed by atoms with van der Waals surface area (Å²) in [7, 11) is 0. The van der Waals surface area contributed by atoms with Crippen LogP contribution in [0.15, 0.2) is 34.7 Å². The number of furan rings is 1. The molecule has 0 bridgehead atoms. The number of carbonyl (C=O) groups is 2. The van der Waals surface area contributed by atoms with Crippen LogP contribution in [0, 0.1) is 11.8 Å². The highest BCUT2D eigenvalue weighted by Crippen LogP contribution is 2.25. The molecule has 2 amide bonds. The number of carbonyl (C=O) groups excluding carboxylic acids is 2. The van der Waals surface area contributed by atoms with Crippen molar-refractivity contribution in [1.29, 1.82) is 0 Å². The summed E-state index contributed by atoms with van der Waals surface area (Å²) in [5, 5.41) is 4.11. The van der Waals surface area contributed by atoms with Crippen LogP contribution < -0.4 is 5.32 Å². The van der Waals surface area contributed by atoms with Crippen molar-refractivity contribution in [2.45, 2.75) is 44.9 Å². The number of hydrogen-bond acceptors (Lipinski definition) is 3. The van der Waals surface area contributed by atoms with E-state index in [1.54, 1.807) is 0 Å². The quantitative estimate of drug-likeness (QED) is 0.888. The third kappa shape index (κ3) is 4.18. The Morgan fingerprint density at radius 1 is 1.04 bits per heavy atom. The van der Waals surface area contributed by atoms with Gasteiger partial charge in [0, 0.05) is 30.9 Å². The molecule has 2 aromatic rings. The molecule has 0 spiro atoms. The maximum atomic E-state index is 12.7. The average molecular weight is 368 g/mol. The van der Waals surface area contributed by atoms with Gasteiger partial charge in [-0.25, -0.2) is 0 Å². The van der Waals surface area contributed by atoms with E-state index in [0.29, 0.717) is 11.7 Å². The molecule has 1 saturated carbocycles. The van der Waals surface area contributed by atoms with Crippen LogP contribution in [0.5, 0.6) is 0 Å². The maximum absolute atomic E-state index is 12.7. The molecule has 4 rings (SSSR count). The van der Waals surface area contributed by atoms with Crippen LogP contribution in [-0.4, -0.2) is 36.3 Å². The van der Waals surface area contributed by atoms with Gasteiger partial charge in [-0.05, 0) is 43.7 Å². The maximum Gasteiger partial charge on any atom is 0.289 e. The molecule has 0 radical (unpaired) electrons. The standard InChI is InChI=1S/C22H28N2O3/c25-21(17-6-2-1-3-7-17)23-15-16-10-12-24(13-11-16)22(26)20-14-18-8-4-5-9-19(18)27-20/h4-5,8-9,14,16-17H,1-3,6-7,10-13,15H2,(H,23,25). The zero-order valence-corrected chi connectivity index (χ0v) is 15.8. The monoisotopic (exact) mass is 368 g/mol. The van der Waals surface area contributed by atoms with Gasteiger partial charge in [-0.2, -0.15) is 0 Å². The molecule has 1 saturated heterocycles. The lowest BCUT2D eigenvalue weighted by Crippen LogP contribution is -2.42. The molecule has 27 heavy (non-hydrogen) atoms. The lowest BCUT2D eigenvalue weighted by atomic mass is 9.88. The Morgan fingerprint density at radius 2 is 1.78 bits per heavy atom. The molecule has 0 atom stereocenters. The Kier molecular flexibility index (Phi) is 5.46. The topological polar surface area (TPSA) is 62.6 Å². The van der Waals surface area contributed by atoms with Crippen molar-refractivity contribution < 1.29 is 14.0 Å². The van der Waals surface area contributed by atoms with E-state index in [0.717, 1.165) is 56.3 Å². The Bertz CT molecular complexity index is 766.